The van der Waals surface area contributed by atoms with E-state index in [2.05, 4.69) is 0 Å². The van der Waals surface area contributed by atoms with Gasteiger partial charge in [-0.2, -0.15) is 0 Å². The molecule has 0 N–H and O–H groups in total. The second-order valence-electron chi connectivity index (χ2n) is 5.15. The van der Waals surface area contributed by atoms with Crippen molar-refractivity contribution in [3.05, 3.63) is 0 Å². The molecule has 0 aromatic carbocycles. The van der Waals surface area contributed by atoms with E-state index in [9.17, 15) is 0 Å². The number of rotatable bonds is 5. The molecular weight excluding hydrogens is 650 g/mol. The summed E-state index contributed by atoms with van der Waals surface area (Å²) < 4.78 is 0. The van der Waals surface area contributed by atoms with Gasteiger partial charge in [0.2, 0.25) is 20.1 Å². The molecule has 0 heterocycles. The molecule has 24 heavy (non-hydrogen) atoms. The van der Waals surface area contributed by atoms with Crippen molar-refractivity contribution in [3.8, 4) is 0 Å². The molecule has 0 amide bonds. The molecule has 17 heteroatoms. The topological polar surface area (TPSA) is 0 Å². The van der Waals surface area contributed by atoms with Gasteiger partial charge >= 0.3 is 12.0 Å². The van der Waals surface area contributed by atoms with Crippen LogP contribution in [0.4, 0.5) is 0 Å². The second-order valence-corrected chi connectivity index (χ2v) is 49.4. The number of hydrogen-bond acceptors (Lipinski definition) is 0. The number of halogens is 12. The Morgan fingerprint density at radius 2 is 0.625 bits per heavy atom. The van der Waals surface area contributed by atoms with Gasteiger partial charge in [-0.05, 0) is 25.7 Å². The van der Waals surface area contributed by atoms with Gasteiger partial charge in [0.05, 0.1) is 0 Å². The van der Waals surface area contributed by atoms with Crippen molar-refractivity contribution in [1.29, 1.82) is 0 Å². The molecule has 0 unspecified atom stereocenters. The van der Waals surface area contributed by atoms with Crippen LogP contribution in [0.5, 0.6) is 0 Å². The van der Waals surface area contributed by atoms with Crippen molar-refractivity contribution in [2.75, 3.05) is 0 Å². The first kappa shape index (κ1) is 33.2. The van der Waals surface area contributed by atoms with Gasteiger partial charge in [0.1, 0.15) is 0 Å². The van der Waals surface area contributed by atoms with E-state index in [4.69, 9.17) is 133 Å². The van der Waals surface area contributed by atoms with E-state index < -0.39 is 32.1 Å². The standard InChI is InChI=1S/C3H8Cl2Si.2C2H5Cl5Si2/c1-3-6(2,4)5;2*1-8(3,4)2-9(5,6)7/h3H2,1-2H3;2*2H2,1H3. The number of hydrogen-bond donors (Lipinski definition) is 0. The third-order valence-corrected chi connectivity index (χ3v) is 24.7. The molecule has 0 aliphatic rings. The Hall–Kier alpha value is 4.56. The molecule has 0 nitrogen and oxygen atoms in total. The Kier molecular flexibility index (Phi) is 19.1. The fourth-order valence-corrected chi connectivity index (χ4v) is 35.4. The molecule has 0 spiro atoms. The zero-order chi connectivity index (χ0) is 20.6. The van der Waals surface area contributed by atoms with Crippen LogP contribution in [-0.4, -0.2) is 32.1 Å². The Labute approximate surface area is 206 Å². The fourth-order valence-electron chi connectivity index (χ4n) is 0.704. The monoisotopic (exact) mass is 662 g/mol. The van der Waals surface area contributed by atoms with Gasteiger partial charge in [0.15, 0.2) is 0 Å². The summed E-state index contributed by atoms with van der Waals surface area (Å²) in [5, 5.41) is 0. The highest BCUT2D eigenvalue weighted by Gasteiger charge is 2.37. The van der Waals surface area contributed by atoms with Gasteiger partial charge in [0.25, 0.3) is 0 Å². The fraction of sp³-hybridized carbons (Fsp3) is 1.00. The summed E-state index contributed by atoms with van der Waals surface area (Å²) in [6, 6.07) is -4.22. The van der Waals surface area contributed by atoms with E-state index in [1.807, 2.05) is 13.5 Å². The van der Waals surface area contributed by atoms with E-state index in [1.165, 1.54) is 0 Å². The lowest BCUT2D eigenvalue weighted by Crippen LogP contribution is -2.25. The van der Waals surface area contributed by atoms with Crippen LogP contribution in [0, 0.1) is 0 Å². The summed E-state index contributed by atoms with van der Waals surface area (Å²) in [7, 11) is 0. The van der Waals surface area contributed by atoms with Gasteiger partial charge in [-0.3, -0.25) is 0 Å². The summed E-state index contributed by atoms with van der Waals surface area (Å²) in [5.74, 6) is 0. The van der Waals surface area contributed by atoms with E-state index in [1.54, 1.807) is 13.1 Å². The maximum absolute atomic E-state index is 5.70. The first-order chi connectivity index (χ1) is 9.97. The van der Waals surface area contributed by atoms with Crippen LogP contribution >= 0.6 is 133 Å². The summed E-state index contributed by atoms with van der Waals surface area (Å²) >= 11 is 67.4. The van der Waals surface area contributed by atoms with Crippen molar-refractivity contribution in [1.82, 2.24) is 0 Å². The molecule has 0 atom stereocenters. The maximum Gasteiger partial charge on any atom is 0.341 e. The highest BCUT2D eigenvalue weighted by molar-refractivity contribution is 7.70. The van der Waals surface area contributed by atoms with Crippen molar-refractivity contribution < 1.29 is 0 Å². The molecule has 0 fully saturated rings. The second kappa shape index (κ2) is 13.8. The Morgan fingerprint density at radius 3 is 0.625 bits per heavy atom. The lowest BCUT2D eigenvalue weighted by atomic mass is 11.0. The largest absolute Gasteiger partial charge is 0.341 e. The maximum atomic E-state index is 5.70. The van der Waals surface area contributed by atoms with Crippen molar-refractivity contribution in [2.45, 2.75) is 43.9 Å². The predicted molar refractivity (Wildman–Crippen MR) is 137 cm³/mol. The minimum Gasteiger partial charge on any atom is -0.146 e. The summed E-state index contributed by atoms with van der Waals surface area (Å²) in [4.78, 5) is 0. The first-order valence-electron chi connectivity index (χ1n) is 6.24. The quantitative estimate of drug-likeness (QED) is 0.202. The van der Waals surface area contributed by atoms with E-state index in [-0.39, 0.29) is 0 Å². The van der Waals surface area contributed by atoms with Crippen LogP contribution in [0.3, 0.4) is 0 Å². The zero-order valence-electron chi connectivity index (χ0n) is 13.2. The summed E-state index contributed by atoms with van der Waals surface area (Å²) in [6.45, 7) is 1.35. The summed E-state index contributed by atoms with van der Waals surface area (Å²) in [5.41, 5.74) is 0.793. The van der Waals surface area contributed by atoms with Crippen LogP contribution in [-0.2, 0) is 0 Å². The highest BCUT2D eigenvalue weighted by Crippen LogP contribution is 2.34. The molecule has 150 valence electrons. The van der Waals surface area contributed by atoms with Crippen LogP contribution < -0.4 is 0 Å². The minimum absolute atomic E-state index is 0.397. The van der Waals surface area contributed by atoms with Crippen molar-refractivity contribution >= 4 is 165 Å². The zero-order valence-corrected chi connectivity index (χ0v) is 27.2. The molecular formula is C7H18Cl12Si5. The van der Waals surface area contributed by atoms with Gasteiger partial charge < -0.3 is 0 Å². The smallest absolute Gasteiger partial charge is 0.146 e. The first-order valence-corrected chi connectivity index (χ1v) is 30.9. The van der Waals surface area contributed by atoms with Crippen molar-refractivity contribution in [3.63, 3.8) is 0 Å². The third-order valence-electron chi connectivity index (χ3n) is 1.64. The van der Waals surface area contributed by atoms with Gasteiger partial charge in [0, 0.05) is 11.3 Å². The molecule has 0 aliphatic heterocycles. The predicted octanol–water partition coefficient (Wildman–Crippen LogP) is 10.0. The molecule has 0 bridgehead atoms. The molecule has 0 aromatic rings. The molecule has 0 rings (SSSR count). The lowest BCUT2D eigenvalue weighted by molar-refractivity contribution is 1.43. The van der Waals surface area contributed by atoms with E-state index >= 15 is 0 Å². The molecule has 0 saturated carbocycles. The molecule has 0 aliphatic carbocycles. The van der Waals surface area contributed by atoms with Crippen LogP contribution in [0.15, 0.2) is 0 Å². The minimum atomic E-state index is -2.58. The van der Waals surface area contributed by atoms with Crippen molar-refractivity contribution in [2.24, 2.45) is 0 Å². The Morgan fingerprint density at radius 1 is 0.458 bits per heavy atom. The normalized spacial score (nSPS) is 13.5. The van der Waals surface area contributed by atoms with Crippen LogP contribution in [0.25, 0.3) is 0 Å². The Bertz CT molecular complexity index is 271. The van der Waals surface area contributed by atoms with Crippen LogP contribution in [0.2, 0.25) is 37.0 Å². The Balaban J connectivity index is -0.000000282. The van der Waals surface area contributed by atoms with Gasteiger partial charge in [-0.1, -0.05) is 6.92 Å². The summed E-state index contributed by atoms with van der Waals surface area (Å²) in [6.07, 6.45) is 0. The average molecular weight is 668 g/mol. The van der Waals surface area contributed by atoms with E-state index in [0.717, 1.165) is 6.04 Å². The lowest BCUT2D eigenvalue weighted by Gasteiger charge is -2.13. The van der Waals surface area contributed by atoms with Gasteiger partial charge in [-0.15, -0.1) is 133 Å². The van der Waals surface area contributed by atoms with Crippen LogP contribution in [0.1, 0.15) is 6.92 Å². The van der Waals surface area contributed by atoms with E-state index in [0.29, 0.717) is 11.3 Å². The molecule has 0 saturated heterocycles. The van der Waals surface area contributed by atoms with Gasteiger partial charge in [-0.25, -0.2) is 0 Å². The molecule has 0 aromatic heterocycles. The SMILES string of the molecule is CC[Si](C)(Cl)Cl.C[Si](Cl)(Cl)C[Si](Cl)(Cl)Cl.C[Si](Cl)(Cl)C[Si](Cl)(Cl)Cl. The molecule has 0 radical (unpaired) electrons. The highest BCUT2D eigenvalue weighted by atomic mass is 35.8. The average Bonchev–Trinajstić information content (AvgIpc) is 2.05. The third kappa shape index (κ3) is 45.4.